The van der Waals surface area contributed by atoms with Gasteiger partial charge in [0.2, 0.25) is 0 Å². The molecule has 2 heterocycles. The van der Waals surface area contributed by atoms with Crippen molar-refractivity contribution in [3.05, 3.63) is 51.7 Å². The Labute approximate surface area is 189 Å². The summed E-state index contributed by atoms with van der Waals surface area (Å²) in [5.41, 5.74) is 0.536. The summed E-state index contributed by atoms with van der Waals surface area (Å²) in [5.74, 6) is -1.49. The lowest BCUT2D eigenvalue weighted by Gasteiger charge is -2.31. The highest BCUT2D eigenvalue weighted by Crippen LogP contribution is 2.23. The van der Waals surface area contributed by atoms with Crippen molar-refractivity contribution in [1.29, 1.82) is 5.26 Å². The highest BCUT2D eigenvalue weighted by molar-refractivity contribution is 7.12. The van der Waals surface area contributed by atoms with Crippen LogP contribution < -0.4 is 4.90 Å². The summed E-state index contributed by atoms with van der Waals surface area (Å²) in [5, 5.41) is 11.2. The first-order valence-corrected chi connectivity index (χ1v) is 11.2. The lowest BCUT2D eigenvalue weighted by molar-refractivity contribution is -0.153. The van der Waals surface area contributed by atoms with Crippen molar-refractivity contribution in [1.82, 2.24) is 4.90 Å². The highest BCUT2D eigenvalue weighted by Gasteiger charge is 2.31. The number of hydrogen-bond donors (Lipinski definition) is 0. The molecular weight excluding hydrogens is 438 g/mol. The maximum atomic E-state index is 12.7. The van der Waals surface area contributed by atoms with Gasteiger partial charge in [-0.1, -0.05) is 23.7 Å². The Morgan fingerprint density at radius 2 is 2.13 bits per heavy atom. The van der Waals surface area contributed by atoms with E-state index in [-0.39, 0.29) is 25.4 Å². The minimum atomic E-state index is -0.497. The molecule has 2 amide bonds. The van der Waals surface area contributed by atoms with Gasteiger partial charge in [0.15, 0.2) is 6.61 Å². The van der Waals surface area contributed by atoms with Crippen LogP contribution in [0.2, 0.25) is 5.02 Å². The molecular formula is C22H22ClN3O4S. The summed E-state index contributed by atoms with van der Waals surface area (Å²) in [6.07, 6.45) is 1.43. The number of benzene rings is 1. The predicted molar refractivity (Wildman–Crippen MR) is 118 cm³/mol. The van der Waals surface area contributed by atoms with Gasteiger partial charge in [0.1, 0.15) is 0 Å². The van der Waals surface area contributed by atoms with Gasteiger partial charge in [-0.25, -0.2) is 0 Å². The van der Waals surface area contributed by atoms with Crippen LogP contribution in [0.4, 0.5) is 5.69 Å². The third kappa shape index (κ3) is 6.06. The number of hydrogen-bond acceptors (Lipinski definition) is 6. The van der Waals surface area contributed by atoms with Gasteiger partial charge in [-0.05, 0) is 42.5 Å². The van der Waals surface area contributed by atoms with Gasteiger partial charge in [-0.15, -0.1) is 11.3 Å². The van der Waals surface area contributed by atoms with E-state index in [0.29, 0.717) is 35.0 Å². The molecule has 1 aliphatic heterocycles. The molecule has 0 aliphatic carbocycles. The van der Waals surface area contributed by atoms with Crippen molar-refractivity contribution in [3.63, 3.8) is 0 Å². The van der Waals surface area contributed by atoms with E-state index < -0.39 is 24.4 Å². The molecule has 0 spiro atoms. The van der Waals surface area contributed by atoms with E-state index in [4.69, 9.17) is 21.6 Å². The number of piperidine rings is 1. The molecule has 1 aromatic carbocycles. The monoisotopic (exact) mass is 459 g/mol. The molecule has 1 fully saturated rings. The van der Waals surface area contributed by atoms with Crippen LogP contribution in [0.25, 0.3) is 0 Å². The van der Waals surface area contributed by atoms with Gasteiger partial charge in [-0.2, -0.15) is 5.26 Å². The summed E-state index contributed by atoms with van der Waals surface area (Å²) in [7, 11) is 0. The largest absolute Gasteiger partial charge is 0.455 e. The summed E-state index contributed by atoms with van der Waals surface area (Å²) < 4.78 is 5.29. The molecule has 1 unspecified atom stereocenters. The van der Waals surface area contributed by atoms with Crippen molar-refractivity contribution in [2.75, 3.05) is 31.1 Å². The summed E-state index contributed by atoms with van der Waals surface area (Å²) >= 11 is 7.38. The molecule has 7 nitrogen and oxygen atoms in total. The highest BCUT2D eigenvalue weighted by atomic mass is 35.5. The summed E-state index contributed by atoms with van der Waals surface area (Å²) in [6.45, 7) is 0.595. The number of thiophene rings is 1. The Morgan fingerprint density at radius 1 is 1.29 bits per heavy atom. The van der Waals surface area contributed by atoms with Gasteiger partial charge in [0, 0.05) is 30.3 Å². The van der Waals surface area contributed by atoms with E-state index in [9.17, 15) is 14.4 Å². The zero-order valence-corrected chi connectivity index (χ0v) is 18.4. The second kappa shape index (κ2) is 10.9. The van der Waals surface area contributed by atoms with E-state index >= 15 is 0 Å². The van der Waals surface area contributed by atoms with Gasteiger partial charge in [-0.3, -0.25) is 14.4 Å². The number of ether oxygens (including phenoxy) is 1. The van der Waals surface area contributed by atoms with Crippen molar-refractivity contribution >= 4 is 46.4 Å². The van der Waals surface area contributed by atoms with Crippen LogP contribution in [0.5, 0.6) is 0 Å². The lowest BCUT2D eigenvalue weighted by Crippen LogP contribution is -2.43. The van der Waals surface area contributed by atoms with Gasteiger partial charge in [0.25, 0.3) is 11.8 Å². The van der Waals surface area contributed by atoms with Crippen LogP contribution in [-0.2, 0) is 14.3 Å². The van der Waals surface area contributed by atoms with Crippen LogP contribution in [0.15, 0.2) is 41.8 Å². The third-order valence-electron chi connectivity index (χ3n) is 4.98. The number of anilines is 1. The Kier molecular flexibility index (Phi) is 8.04. The number of halogens is 1. The molecule has 162 valence electrons. The standard InChI is InChI=1S/C22H22ClN3O4S/c23-17-6-1-7-18(13-17)26(11-4-9-24)20(27)15-30-22(29)16-5-2-10-25(14-16)21(28)19-8-3-12-31-19/h1,3,6-8,12-13,16H,2,4-5,10-11,14-15H2. The van der Waals surface area contributed by atoms with Crippen molar-refractivity contribution in [3.8, 4) is 6.07 Å². The normalized spacial score (nSPS) is 15.7. The van der Waals surface area contributed by atoms with E-state index in [0.717, 1.165) is 0 Å². The third-order valence-corrected chi connectivity index (χ3v) is 6.07. The van der Waals surface area contributed by atoms with E-state index in [1.807, 2.05) is 17.5 Å². The molecule has 0 N–H and O–H groups in total. The summed E-state index contributed by atoms with van der Waals surface area (Å²) in [4.78, 5) is 41.5. The minimum Gasteiger partial charge on any atom is -0.455 e. The first kappa shape index (κ1) is 22.8. The maximum absolute atomic E-state index is 12.7. The van der Waals surface area contributed by atoms with Crippen LogP contribution in [0, 0.1) is 17.2 Å². The topological polar surface area (TPSA) is 90.7 Å². The van der Waals surface area contributed by atoms with E-state index in [1.165, 1.54) is 16.2 Å². The molecule has 0 radical (unpaired) electrons. The van der Waals surface area contributed by atoms with Crippen molar-refractivity contribution < 1.29 is 19.1 Å². The van der Waals surface area contributed by atoms with Crippen LogP contribution >= 0.6 is 22.9 Å². The van der Waals surface area contributed by atoms with Crippen LogP contribution in [0.1, 0.15) is 28.9 Å². The number of carbonyl (C=O) groups is 3. The lowest BCUT2D eigenvalue weighted by atomic mass is 9.98. The Balaban J connectivity index is 1.58. The fraction of sp³-hybridized carbons (Fsp3) is 0.364. The number of rotatable bonds is 7. The Morgan fingerprint density at radius 3 is 2.84 bits per heavy atom. The maximum Gasteiger partial charge on any atom is 0.311 e. The van der Waals surface area contributed by atoms with Crippen molar-refractivity contribution in [2.45, 2.75) is 19.3 Å². The molecule has 1 saturated heterocycles. The number of carbonyl (C=O) groups excluding carboxylic acids is 3. The smallest absolute Gasteiger partial charge is 0.311 e. The van der Waals surface area contributed by atoms with Crippen LogP contribution in [-0.4, -0.2) is 48.9 Å². The van der Waals surface area contributed by atoms with E-state index in [2.05, 4.69) is 0 Å². The Bertz CT molecular complexity index is 973. The minimum absolute atomic E-state index is 0.0905. The van der Waals surface area contributed by atoms with Gasteiger partial charge >= 0.3 is 5.97 Å². The molecule has 1 aromatic heterocycles. The number of likely N-dealkylation sites (tertiary alicyclic amines) is 1. The number of nitriles is 1. The Hall–Kier alpha value is -2.89. The molecule has 1 atom stereocenters. The SMILES string of the molecule is N#CCCN(C(=O)COC(=O)C1CCCN(C(=O)c2cccs2)C1)c1cccc(Cl)c1. The average Bonchev–Trinajstić information content (AvgIpc) is 3.32. The molecule has 31 heavy (non-hydrogen) atoms. The van der Waals surface area contributed by atoms with Gasteiger partial charge < -0.3 is 14.5 Å². The zero-order valence-electron chi connectivity index (χ0n) is 16.8. The first-order chi connectivity index (χ1) is 15.0. The molecule has 1 aliphatic rings. The fourth-order valence-corrected chi connectivity index (χ4v) is 4.32. The quantitative estimate of drug-likeness (QED) is 0.588. The number of esters is 1. The van der Waals surface area contributed by atoms with Gasteiger partial charge in [0.05, 0.1) is 23.3 Å². The molecule has 2 aromatic rings. The molecule has 3 rings (SSSR count). The average molecular weight is 460 g/mol. The second-order valence-electron chi connectivity index (χ2n) is 7.11. The number of nitrogens with zero attached hydrogens (tertiary/aromatic N) is 3. The second-order valence-corrected chi connectivity index (χ2v) is 8.49. The van der Waals surface area contributed by atoms with Crippen LogP contribution in [0.3, 0.4) is 0 Å². The first-order valence-electron chi connectivity index (χ1n) is 9.92. The predicted octanol–water partition coefficient (Wildman–Crippen LogP) is 3.74. The molecule has 0 saturated carbocycles. The van der Waals surface area contributed by atoms with E-state index in [1.54, 1.807) is 35.2 Å². The number of amides is 2. The zero-order chi connectivity index (χ0) is 22.2. The fourth-order valence-electron chi connectivity index (χ4n) is 3.44. The molecule has 9 heteroatoms. The van der Waals surface area contributed by atoms with Crippen molar-refractivity contribution in [2.24, 2.45) is 5.92 Å². The summed E-state index contributed by atoms with van der Waals surface area (Å²) in [6, 6.07) is 12.3. The molecule has 0 bridgehead atoms.